The molecule has 2 unspecified atom stereocenters. The van der Waals surface area contributed by atoms with E-state index < -0.39 is 60.9 Å². The van der Waals surface area contributed by atoms with Crippen molar-refractivity contribution in [1.82, 2.24) is 5.32 Å². The molecule has 0 spiro atoms. The van der Waals surface area contributed by atoms with Gasteiger partial charge in [0.15, 0.2) is 0 Å². The first-order chi connectivity index (χ1) is 18.8. The molecule has 2 aromatic rings. The highest BCUT2D eigenvalue weighted by atomic mass is 35.5. The fourth-order valence-electron chi connectivity index (χ4n) is 3.95. The Kier molecular flexibility index (Phi) is 9.98. The number of hydrogen-bond donors (Lipinski definition) is 3. The van der Waals surface area contributed by atoms with Gasteiger partial charge in [0.1, 0.15) is 11.9 Å². The molecule has 214 valence electrons. The quantitative estimate of drug-likeness (QED) is 0.388. The summed E-state index contributed by atoms with van der Waals surface area (Å²) in [5.41, 5.74) is 5.74. The predicted octanol–water partition coefficient (Wildman–Crippen LogP) is 5.18. The van der Waals surface area contributed by atoms with Crippen molar-refractivity contribution in [2.45, 2.75) is 51.2 Å². The topological polar surface area (TPSA) is 128 Å². The third-order valence-electron chi connectivity index (χ3n) is 6.31. The van der Waals surface area contributed by atoms with Gasteiger partial charge in [0.25, 0.3) is 0 Å². The molecular formula is C27H28ClF4N5O3. The number of benzene rings is 2. The number of alkyl halides is 3. The highest BCUT2D eigenvalue weighted by molar-refractivity contribution is 6.34. The molecule has 8 nitrogen and oxygen atoms in total. The van der Waals surface area contributed by atoms with E-state index in [1.54, 1.807) is 12.1 Å². The van der Waals surface area contributed by atoms with Crippen LogP contribution in [-0.2, 0) is 14.4 Å². The van der Waals surface area contributed by atoms with Crippen molar-refractivity contribution in [3.63, 3.8) is 0 Å². The first kappa shape index (κ1) is 30.7. The Labute approximate surface area is 233 Å². The highest BCUT2D eigenvalue weighted by Crippen LogP contribution is 2.39. The summed E-state index contributed by atoms with van der Waals surface area (Å²) in [5, 5.41) is 14.3. The van der Waals surface area contributed by atoms with Gasteiger partial charge in [0.05, 0.1) is 34.6 Å². The van der Waals surface area contributed by atoms with E-state index in [0.717, 1.165) is 18.1 Å². The van der Waals surface area contributed by atoms with Crippen LogP contribution < -0.4 is 21.3 Å². The van der Waals surface area contributed by atoms with Crippen molar-refractivity contribution in [1.29, 1.82) is 5.26 Å². The standard InChI is InChI=1S/C23H20ClF4N5O3.C4H8/c24-16-2-1-3-18-20(16)32-22(36)17(11-33(18)15-7-12(10-29)6-14(25)9-15)31-21(35)13(8-19(30)34)4-5-23(26,27)28;1-4-2-3-4/h1-3,6-7,9,13,17H,4-5,8,11H2,(H2,30,34)(H,31,35)(H,32,36);4H,2-3H2,1H3. The monoisotopic (exact) mass is 581 g/mol. The number of anilines is 3. The van der Waals surface area contributed by atoms with E-state index in [4.69, 9.17) is 17.3 Å². The van der Waals surface area contributed by atoms with E-state index >= 15 is 0 Å². The van der Waals surface area contributed by atoms with Crippen molar-refractivity contribution < 1.29 is 31.9 Å². The summed E-state index contributed by atoms with van der Waals surface area (Å²) in [4.78, 5) is 38.6. The number of nitrogens with one attached hydrogen (secondary N) is 2. The largest absolute Gasteiger partial charge is 0.389 e. The number of halogens is 5. The zero-order valence-electron chi connectivity index (χ0n) is 21.5. The number of carbonyl (C=O) groups is 3. The summed E-state index contributed by atoms with van der Waals surface area (Å²) < 4.78 is 52.4. The lowest BCUT2D eigenvalue weighted by Crippen LogP contribution is -2.50. The number of amides is 3. The molecular weight excluding hydrogens is 554 g/mol. The minimum atomic E-state index is -4.57. The third-order valence-corrected chi connectivity index (χ3v) is 6.63. The summed E-state index contributed by atoms with van der Waals surface area (Å²) in [6.45, 7) is 1.99. The smallest absolute Gasteiger partial charge is 0.370 e. The van der Waals surface area contributed by atoms with Crippen molar-refractivity contribution in [2.24, 2.45) is 17.6 Å². The SMILES string of the molecule is CC1CC1.N#Cc1cc(F)cc(N2CC(NC(=O)C(CCC(F)(F)F)CC(N)=O)C(=O)Nc3c(Cl)cccc32)c1. The van der Waals surface area contributed by atoms with Gasteiger partial charge in [0, 0.05) is 24.4 Å². The van der Waals surface area contributed by atoms with Crippen LogP contribution in [0.5, 0.6) is 0 Å². The average Bonchev–Trinajstić information content (AvgIpc) is 3.67. The van der Waals surface area contributed by atoms with Crippen LogP contribution in [-0.4, -0.2) is 36.5 Å². The van der Waals surface area contributed by atoms with Gasteiger partial charge in [-0.25, -0.2) is 4.39 Å². The van der Waals surface area contributed by atoms with Crippen LogP contribution in [0.2, 0.25) is 5.02 Å². The summed E-state index contributed by atoms with van der Waals surface area (Å²) in [7, 11) is 0. The summed E-state index contributed by atoms with van der Waals surface area (Å²) in [6.07, 6.45) is -4.29. The second-order valence-electron chi connectivity index (χ2n) is 9.81. The molecule has 0 radical (unpaired) electrons. The number of fused-ring (bicyclic) bond motifs is 1. The van der Waals surface area contributed by atoms with Crippen molar-refractivity contribution in [3.05, 3.63) is 52.8 Å². The van der Waals surface area contributed by atoms with Gasteiger partial charge in [-0.3, -0.25) is 14.4 Å². The average molecular weight is 582 g/mol. The molecule has 0 bridgehead atoms. The molecule has 4 N–H and O–H groups in total. The van der Waals surface area contributed by atoms with Crippen LogP contribution >= 0.6 is 11.6 Å². The van der Waals surface area contributed by atoms with E-state index in [0.29, 0.717) is 5.69 Å². The summed E-state index contributed by atoms with van der Waals surface area (Å²) in [6, 6.07) is 8.60. The van der Waals surface area contributed by atoms with Gasteiger partial charge in [-0.05, 0) is 42.7 Å². The fourth-order valence-corrected chi connectivity index (χ4v) is 4.17. The lowest BCUT2D eigenvalue weighted by atomic mass is 9.97. The van der Waals surface area contributed by atoms with Crippen molar-refractivity contribution in [3.8, 4) is 6.07 Å². The maximum Gasteiger partial charge on any atom is 0.389 e. The molecule has 40 heavy (non-hydrogen) atoms. The number of hydrogen-bond acceptors (Lipinski definition) is 5. The van der Waals surface area contributed by atoms with Crippen LogP contribution in [0.25, 0.3) is 0 Å². The molecule has 1 aliphatic heterocycles. The maximum absolute atomic E-state index is 14.2. The van der Waals surface area contributed by atoms with E-state index in [1.165, 1.54) is 29.9 Å². The Morgan fingerprint density at radius 3 is 2.52 bits per heavy atom. The van der Waals surface area contributed by atoms with E-state index in [2.05, 4.69) is 17.6 Å². The molecule has 1 heterocycles. The highest BCUT2D eigenvalue weighted by Gasteiger charge is 2.35. The van der Waals surface area contributed by atoms with E-state index in [1.807, 2.05) is 6.07 Å². The second-order valence-corrected chi connectivity index (χ2v) is 10.2. The molecule has 1 aliphatic carbocycles. The number of rotatable bonds is 7. The molecule has 4 rings (SSSR count). The molecule has 1 saturated carbocycles. The number of nitrogens with zero attached hydrogens (tertiary/aromatic N) is 2. The first-order valence-electron chi connectivity index (χ1n) is 12.5. The van der Waals surface area contributed by atoms with E-state index in [-0.39, 0.29) is 28.5 Å². The van der Waals surface area contributed by atoms with Crippen LogP contribution in [0.4, 0.5) is 34.6 Å². The Morgan fingerprint density at radius 1 is 1.27 bits per heavy atom. The normalized spacial score (nSPS) is 17.3. The van der Waals surface area contributed by atoms with Crippen LogP contribution in [0.3, 0.4) is 0 Å². The summed E-state index contributed by atoms with van der Waals surface area (Å²) in [5.74, 6) is -3.78. The lowest BCUT2D eigenvalue weighted by Gasteiger charge is -2.28. The summed E-state index contributed by atoms with van der Waals surface area (Å²) >= 11 is 6.25. The number of nitriles is 1. The van der Waals surface area contributed by atoms with Crippen LogP contribution in [0, 0.1) is 29.0 Å². The second kappa shape index (κ2) is 13.0. The van der Waals surface area contributed by atoms with E-state index in [9.17, 15) is 37.2 Å². The zero-order chi connectivity index (χ0) is 29.6. The molecule has 3 amide bonds. The molecule has 2 atom stereocenters. The Balaban J connectivity index is 0.00000101. The van der Waals surface area contributed by atoms with Gasteiger partial charge in [-0.1, -0.05) is 37.4 Å². The zero-order valence-corrected chi connectivity index (χ0v) is 22.3. The third kappa shape index (κ3) is 8.84. The number of nitrogens with two attached hydrogens (primary N) is 1. The van der Waals surface area contributed by atoms with Crippen LogP contribution in [0.1, 0.15) is 44.6 Å². The molecule has 2 aromatic carbocycles. The Bertz CT molecular complexity index is 1310. The number of primary amides is 1. The van der Waals surface area contributed by atoms with Crippen LogP contribution in [0.15, 0.2) is 36.4 Å². The van der Waals surface area contributed by atoms with Crippen molar-refractivity contribution in [2.75, 3.05) is 16.8 Å². The van der Waals surface area contributed by atoms with Gasteiger partial charge in [-0.15, -0.1) is 0 Å². The molecule has 1 fully saturated rings. The molecule has 13 heteroatoms. The molecule has 0 aromatic heterocycles. The first-order valence-corrected chi connectivity index (χ1v) is 12.9. The van der Waals surface area contributed by atoms with Gasteiger partial charge >= 0.3 is 6.18 Å². The van der Waals surface area contributed by atoms with Crippen molar-refractivity contribution >= 4 is 46.4 Å². The lowest BCUT2D eigenvalue weighted by molar-refractivity contribution is -0.143. The Hall–Kier alpha value is -3.85. The van der Waals surface area contributed by atoms with Gasteiger partial charge < -0.3 is 21.3 Å². The van der Waals surface area contributed by atoms with Gasteiger partial charge in [0.2, 0.25) is 17.7 Å². The molecule has 2 aliphatic rings. The number of para-hydroxylation sites is 1. The predicted molar refractivity (Wildman–Crippen MR) is 141 cm³/mol. The minimum absolute atomic E-state index is 0.00799. The maximum atomic E-state index is 14.2. The fraction of sp³-hybridized carbons (Fsp3) is 0.407. The molecule has 0 saturated heterocycles. The Morgan fingerprint density at radius 2 is 1.95 bits per heavy atom. The minimum Gasteiger partial charge on any atom is -0.370 e. The number of carbonyl (C=O) groups excluding carboxylic acids is 3. The van der Waals surface area contributed by atoms with Gasteiger partial charge in [-0.2, -0.15) is 18.4 Å².